The van der Waals surface area contributed by atoms with Crippen molar-refractivity contribution in [1.29, 1.82) is 10.5 Å². The van der Waals surface area contributed by atoms with E-state index in [1.807, 2.05) is 60.7 Å². The zero-order chi connectivity index (χ0) is 31.3. The highest BCUT2D eigenvalue weighted by Crippen LogP contribution is 2.33. The van der Waals surface area contributed by atoms with Crippen LogP contribution in [0.5, 0.6) is 0 Å². The Kier molecular flexibility index (Phi) is 7.77. The minimum Gasteiger partial charge on any atom is -0.192 e. The maximum absolute atomic E-state index is 9.85. The van der Waals surface area contributed by atoms with Gasteiger partial charge >= 0.3 is 0 Å². The molecular weight excluding hydrogens is 556 g/mol. The molecule has 2 nitrogen and oxygen atoms in total. The number of hydrogen-bond acceptors (Lipinski definition) is 2. The van der Waals surface area contributed by atoms with Gasteiger partial charge in [0.2, 0.25) is 0 Å². The maximum atomic E-state index is 9.85. The molecule has 7 rings (SSSR count). The molecule has 2 heteroatoms. The molecule has 0 atom stereocenters. The molecule has 46 heavy (non-hydrogen) atoms. The molecule has 0 saturated carbocycles. The first-order valence-electron chi connectivity index (χ1n) is 15.2. The molecular formula is C44H28N2. The molecule has 0 amide bonds. The second kappa shape index (κ2) is 12.6. The Balaban J connectivity index is 1.16. The van der Waals surface area contributed by atoms with Crippen LogP contribution in [0.1, 0.15) is 11.1 Å². The van der Waals surface area contributed by atoms with Crippen molar-refractivity contribution in [3.05, 3.63) is 181 Å². The summed E-state index contributed by atoms with van der Waals surface area (Å²) in [6.45, 7) is 0. The third-order valence-corrected chi connectivity index (χ3v) is 8.30. The molecule has 0 aliphatic carbocycles. The first-order chi connectivity index (χ1) is 22.7. The van der Waals surface area contributed by atoms with E-state index in [4.69, 9.17) is 0 Å². The zero-order valence-corrected chi connectivity index (χ0v) is 25.1. The Labute approximate surface area is 269 Å². The highest BCUT2D eigenvalue weighted by molar-refractivity contribution is 5.80. The lowest BCUT2D eigenvalue weighted by atomic mass is 9.93. The highest BCUT2D eigenvalue weighted by Gasteiger charge is 2.09. The average Bonchev–Trinajstić information content (AvgIpc) is 3.15. The Morgan fingerprint density at radius 2 is 0.500 bits per heavy atom. The van der Waals surface area contributed by atoms with E-state index in [0.29, 0.717) is 11.1 Å². The van der Waals surface area contributed by atoms with Crippen LogP contribution < -0.4 is 0 Å². The van der Waals surface area contributed by atoms with E-state index in [-0.39, 0.29) is 0 Å². The van der Waals surface area contributed by atoms with Gasteiger partial charge in [0.25, 0.3) is 0 Å². The van der Waals surface area contributed by atoms with Gasteiger partial charge < -0.3 is 0 Å². The molecule has 7 aromatic rings. The van der Waals surface area contributed by atoms with Gasteiger partial charge in [0.1, 0.15) is 0 Å². The number of nitrogens with zero attached hydrogens (tertiary/aromatic N) is 2. The highest BCUT2D eigenvalue weighted by atomic mass is 14.2. The summed E-state index contributed by atoms with van der Waals surface area (Å²) in [5.74, 6) is 0. The minimum absolute atomic E-state index is 0.633. The summed E-state index contributed by atoms with van der Waals surface area (Å²) in [5, 5.41) is 19.5. The molecule has 0 unspecified atom stereocenters. The van der Waals surface area contributed by atoms with Gasteiger partial charge in [0.05, 0.1) is 23.3 Å². The summed E-state index contributed by atoms with van der Waals surface area (Å²) in [6, 6.07) is 62.7. The van der Waals surface area contributed by atoms with Gasteiger partial charge in [0.15, 0.2) is 0 Å². The second-order valence-electron chi connectivity index (χ2n) is 11.3. The van der Waals surface area contributed by atoms with Crippen molar-refractivity contribution in [1.82, 2.24) is 0 Å². The van der Waals surface area contributed by atoms with Crippen molar-refractivity contribution in [3.63, 3.8) is 0 Å². The summed E-state index contributed by atoms with van der Waals surface area (Å²) < 4.78 is 0. The standard InChI is InChI=1S/C44H28N2/c45-29-31-22-41(34-10-5-2-6-11-34)27-42(23-31)37-18-14-35(15-19-37)36-16-20-38(21-17-36)43-24-32(30-46)25-44(28-43)40-13-7-12-39(26-40)33-8-3-1-4-9-33/h1-28H. The molecule has 0 aliphatic rings. The van der Waals surface area contributed by atoms with Crippen LogP contribution in [0.4, 0.5) is 0 Å². The van der Waals surface area contributed by atoms with Crippen LogP contribution in [-0.2, 0) is 0 Å². The van der Waals surface area contributed by atoms with Gasteiger partial charge in [-0.15, -0.1) is 0 Å². The van der Waals surface area contributed by atoms with Crippen LogP contribution in [0.15, 0.2) is 170 Å². The molecule has 0 bridgehead atoms. The van der Waals surface area contributed by atoms with E-state index >= 15 is 0 Å². The van der Waals surface area contributed by atoms with E-state index in [1.54, 1.807) is 0 Å². The molecule has 0 aliphatic heterocycles. The summed E-state index contributed by atoms with van der Waals surface area (Å²) in [4.78, 5) is 0. The Morgan fingerprint density at radius 3 is 0.891 bits per heavy atom. The summed E-state index contributed by atoms with van der Waals surface area (Å²) in [6.07, 6.45) is 0. The van der Waals surface area contributed by atoms with E-state index < -0.39 is 0 Å². The number of nitriles is 2. The van der Waals surface area contributed by atoms with Crippen molar-refractivity contribution >= 4 is 0 Å². The van der Waals surface area contributed by atoms with Crippen molar-refractivity contribution in [2.75, 3.05) is 0 Å². The Bertz CT molecular complexity index is 2230. The van der Waals surface area contributed by atoms with E-state index in [2.05, 4.69) is 121 Å². The normalized spacial score (nSPS) is 10.6. The Hall–Kier alpha value is -6.48. The predicted octanol–water partition coefficient (Wildman–Crippen LogP) is 11.4. The van der Waals surface area contributed by atoms with Crippen LogP contribution in [0, 0.1) is 22.7 Å². The van der Waals surface area contributed by atoms with Crippen molar-refractivity contribution in [2.45, 2.75) is 0 Å². The molecule has 0 fully saturated rings. The SMILES string of the molecule is N#Cc1cc(-c2ccccc2)cc(-c2ccc(-c3ccc(-c4cc(C#N)cc(-c5cccc(-c6ccccc6)c5)c4)cc3)cc2)c1. The van der Waals surface area contributed by atoms with Gasteiger partial charge in [-0.1, -0.05) is 127 Å². The van der Waals surface area contributed by atoms with Crippen LogP contribution in [0.3, 0.4) is 0 Å². The lowest BCUT2D eigenvalue weighted by Gasteiger charge is -2.11. The van der Waals surface area contributed by atoms with Crippen LogP contribution in [-0.4, -0.2) is 0 Å². The number of hydrogen-bond donors (Lipinski definition) is 0. The molecule has 214 valence electrons. The quantitative estimate of drug-likeness (QED) is 0.195. The molecule has 0 spiro atoms. The molecule has 7 aromatic carbocycles. The predicted molar refractivity (Wildman–Crippen MR) is 188 cm³/mol. The van der Waals surface area contributed by atoms with E-state index in [9.17, 15) is 10.5 Å². The third-order valence-electron chi connectivity index (χ3n) is 8.30. The zero-order valence-electron chi connectivity index (χ0n) is 25.1. The van der Waals surface area contributed by atoms with Crippen LogP contribution in [0.2, 0.25) is 0 Å². The second-order valence-corrected chi connectivity index (χ2v) is 11.3. The smallest absolute Gasteiger partial charge is 0.0992 e. The first kappa shape index (κ1) is 28.3. The third kappa shape index (κ3) is 5.97. The topological polar surface area (TPSA) is 47.6 Å². The average molecular weight is 585 g/mol. The number of rotatable bonds is 6. The molecule has 0 N–H and O–H groups in total. The lowest BCUT2D eigenvalue weighted by molar-refractivity contribution is 1.47. The van der Waals surface area contributed by atoms with E-state index in [1.165, 1.54) is 0 Å². The molecule has 0 radical (unpaired) electrons. The largest absolute Gasteiger partial charge is 0.192 e. The summed E-state index contributed by atoms with van der Waals surface area (Å²) in [5.41, 5.74) is 14.2. The summed E-state index contributed by atoms with van der Waals surface area (Å²) in [7, 11) is 0. The van der Waals surface area contributed by atoms with Gasteiger partial charge in [-0.3, -0.25) is 0 Å². The lowest BCUT2D eigenvalue weighted by Crippen LogP contribution is -1.87. The molecule has 0 heterocycles. The maximum Gasteiger partial charge on any atom is 0.0992 e. The van der Waals surface area contributed by atoms with Gasteiger partial charge in [0, 0.05) is 0 Å². The van der Waals surface area contributed by atoms with Gasteiger partial charge in [-0.2, -0.15) is 10.5 Å². The van der Waals surface area contributed by atoms with Crippen molar-refractivity contribution < 1.29 is 0 Å². The first-order valence-corrected chi connectivity index (χ1v) is 15.2. The fourth-order valence-corrected chi connectivity index (χ4v) is 5.90. The summed E-state index contributed by atoms with van der Waals surface area (Å²) >= 11 is 0. The molecule has 0 saturated heterocycles. The van der Waals surface area contributed by atoms with Gasteiger partial charge in [-0.25, -0.2) is 0 Å². The monoisotopic (exact) mass is 584 g/mol. The fraction of sp³-hybridized carbons (Fsp3) is 0. The van der Waals surface area contributed by atoms with E-state index in [0.717, 1.165) is 66.8 Å². The van der Waals surface area contributed by atoms with Crippen LogP contribution >= 0.6 is 0 Å². The van der Waals surface area contributed by atoms with Crippen molar-refractivity contribution in [3.8, 4) is 78.9 Å². The van der Waals surface area contributed by atoms with Gasteiger partial charge in [-0.05, 0) is 109 Å². The number of benzene rings is 7. The minimum atomic E-state index is 0.633. The Morgan fingerprint density at radius 1 is 0.239 bits per heavy atom. The fourth-order valence-electron chi connectivity index (χ4n) is 5.90. The van der Waals surface area contributed by atoms with Crippen LogP contribution in [0.25, 0.3) is 66.8 Å². The van der Waals surface area contributed by atoms with Crippen molar-refractivity contribution in [2.24, 2.45) is 0 Å². The molecule has 0 aromatic heterocycles.